The molecule has 0 amide bonds. The normalized spacial score (nSPS) is 25.4. The molecule has 1 saturated heterocycles. The number of ether oxygens (including phenoxy) is 1. The van der Waals surface area contributed by atoms with E-state index in [2.05, 4.69) is 5.32 Å². The lowest BCUT2D eigenvalue weighted by Gasteiger charge is -2.33. The van der Waals surface area contributed by atoms with Gasteiger partial charge in [0.25, 0.3) is 0 Å². The second-order valence-corrected chi connectivity index (χ2v) is 5.23. The summed E-state index contributed by atoms with van der Waals surface area (Å²) in [6.45, 7) is 0.0966. The fourth-order valence-electron chi connectivity index (χ4n) is 2.09. The minimum atomic E-state index is -4.66. The first-order chi connectivity index (χ1) is 9.36. The minimum absolute atomic E-state index is 0.0288. The third-order valence-corrected chi connectivity index (χ3v) is 3.45. The van der Waals surface area contributed by atoms with Crippen LogP contribution in [0.5, 0.6) is 0 Å². The lowest BCUT2D eigenvalue weighted by atomic mass is 10.0. The molecule has 1 fully saturated rings. The highest BCUT2D eigenvalue weighted by atomic mass is 35.5. The Kier molecular flexibility index (Phi) is 4.90. The molecule has 0 saturated carbocycles. The van der Waals surface area contributed by atoms with Crippen molar-refractivity contribution < 1.29 is 23.0 Å². The number of aliphatic hydroxyl groups is 1. The maximum absolute atomic E-state index is 12.3. The van der Waals surface area contributed by atoms with Gasteiger partial charge in [-0.25, -0.2) is 0 Å². The van der Waals surface area contributed by atoms with Gasteiger partial charge in [-0.05, 0) is 24.1 Å². The van der Waals surface area contributed by atoms with Gasteiger partial charge in [-0.15, -0.1) is 0 Å². The molecule has 0 spiro atoms. The van der Waals surface area contributed by atoms with Crippen molar-refractivity contribution in [3.8, 4) is 0 Å². The smallest absolute Gasteiger partial charge is 0.381 e. The molecule has 1 aliphatic rings. The van der Waals surface area contributed by atoms with Crippen LogP contribution >= 0.6 is 11.6 Å². The van der Waals surface area contributed by atoms with Gasteiger partial charge in [0, 0.05) is 17.6 Å². The molecule has 2 rings (SSSR count). The number of rotatable bonds is 3. The molecular weight excluding hydrogens is 295 g/mol. The van der Waals surface area contributed by atoms with E-state index < -0.39 is 18.4 Å². The van der Waals surface area contributed by atoms with Crippen molar-refractivity contribution in [1.82, 2.24) is 5.32 Å². The molecule has 0 aromatic heterocycles. The van der Waals surface area contributed by atoms with Crippen LogP contribution in [0.1, 0.15) is 5.56 Å². The van der Waals surface area contributed by atoms with Gasteiger partial charge in [-0.3, -0.25) is 0 Å². The summed E-state index contributed by atoms with van der Waals surface area (Å²) in [5.74, 6) is 0. The van der Waals surface area contributed by atoms with Crippen molar-refractivity contribution in [2.75, 3.05) is 13.2 Å². The molecule has 0 radical (unpaired) electrons. The van der Waals surface area contributed by atoms with Gasteiger partial charge >= 0.3 is 6.18 Å². The second kappa shape index (κ2) is 6.30. The number of benzene rings is 1. The largest absolute Gasteiger partial charge is 0.416 e. The molecule has 1 aliphatic heterocycles. The molecule has 0 unspecified atom stereocenters. The highest BCUT2D eigenvalue weighted by Gasteiger charge is 2.45. The summed E-state index contributed by atoms with van der Waals surface area (Å²) in [5.41, 5.74) is 1.02. The van der Waals surface area contributed by atoms with Crippen molar-refractivity contribution in [2.45, 2.75) is 30.8 Å². The van der Waals surface area contributed by atoms with Gasteiger partial charge in [0.2, 0.25) is 0 Å². The summed E-state index contributed by atoms with van der Waals surface area (Å²) < 4.78 is 42.2. The van der Waals surface area contributed by atoms with Crippen molar-refractivity contribution >= 4 is 11.6 Å². The number of nitrogens with one attached hydrogen (secondary N) is 1. The summed E-state index contributed by atoms with van der Waals surface area (Å²) in [6.07, 6.45) is -7.73. The van der Waals surface area contributed by atoms with Crippen molar-refractivity contribution in [1.29, 1.82) is 0 Å². The first-order valence-electron chi connectivity index (χ1n) is 6.20. The quantitative estimate of drug-likeness (QED) is 0.899. The zero-order chi connectivity index (χ0) is 14.8. The van der Waals surface area contributed by atoms with E-state index in [0.717, 1.165) is 5.56 Å². The van der Waals surface area contributed by atoms with Crippen LogP contribution in [0.25, 0.3) is 0 Å². The second-order valence-electron chi connectivity index (χ2n) is 4.79. The number of hydrogen-bond acceptors (Lipinski definition) is 3. The molecule has 112 valence electrons. The molecule has 2 N–H and O–H groups in total. The van der Waals surface area contributed by atoms with E-state index in [-0.39, 0.29) is 19.2 Å². The van der Waals surface area contributed by atoms with Gasteiger partial charge in [0.05, 0.1) is 6.61 Å². The van der Waals surface area contributed by atoms with E-state index in [0.29, 0.717) is 11.4 Å². The molecule has 0 bridgehead atoms. The predicted octanol–water partition coefficient (Wildman–Crippen LogP) is 2.16. The summed E-state index contributed by atoms with van der Waals surface area (Å²) >= 11 is 5.78. The Morgan fingerprint density at radius 2 is 2.00 bits per heavy atom. The van der Waals surface area contributed by atoms with Crippen molar-refractivity contribution in [2.24, 2.45) is 0 Å². The molecular formula is C13H15ClF3NO2. The Labute approximate surface area is 119 Å². The summed E-state index contributed by atoms with van der Waals surface area (Å²) in [6, 6.07) is 7.17. The summed E-state index contributed by atoms with van der Waals surface area (Å²) in [5, 5.41) is 12.7. The average molecular weight is 310 g/mol. The zero-order valence-electron chi connectivity index (χ0n) is 10.5. The number of aliphatic hydroxyl groups excluding tert-OH is 1. The van der Waals surface area contributed by atoms with Crippen LogP contribution in [0, 0.1) is 0 Å². The number of hydrogen-bond donors (Lipinski definition) is 2. The monoisotopic (exact) mass is 309 g/mol. The third-order valence-electron chi connectivity index (χ3n) is 3.20. The van der Waals surface area contributed by atoms with Gasteiger partial charge in [0.1, 0.15) is 6.10 Å². The van der Waals surface area contributed by atoms with Gasteiger partial charge in [-0.2, -0.15) is 13.2 Å². The van der Waals surface area contributed by atoms with Crippen molar-refractivity contribution in [3.05, 3.63) is 34.9 Å². The summed E-state index contributed by atoms with van der Waals surface area (Å²) in [7, 11) is 0. The Morgan fingerprint density at radius 1 is 1.35 bits per heavy atom. The van der Waals surface area contributed by atoms with Crippen LogP contribution in [-0.4, -0.2) is 42.7 Å². The third kappa shape index (κ3) is 4.09. The van der Waals surface area contributed by atoms with E-state index in [4.69, 9.17) is 21.4 Å². The van der Waals surface area contributed by atoms with E-state index in [1.165, 1.54) is 0 Å². The van der Waals surface area contributed by atoms with Crippen molar-refractivity contribution in [3.63, 3.8) is 0 Å². The van der Waals surface area contributed by atoms with Crippen LogP contribution in [0.15, 0.2) is 24.3 Å². The van der Waals surface area contributed by atoms with Crippen LogP contribution in [0.2, 0.25) is 5.02 Å². The highest BCUT2D eigenvalue weighted by Crippen LogP contribution is 2.25. The molecule has 0 aliphatic carbocycles. The lowest BCUT2D eigenvalue weighted by molar-refractivity contribution is -0.240. The van der Waals surface area contributed by atoms with Gasteiger partial charge in [-0.1, -0.05) is 23.7 Å². The molecule has 1 aromatic carbocycles. The Hall–Kier alpha value is -0.820. The first kappa shape index (κ1) is 15.6. The molecule has 3 atom stereocenters. The van der Waals surface area contributed by atoms with Gasteiger partial charge < -0.3 is 15.2 Å². The van der Waals surface area contributed by atoms with Gasteiger partial charge in [0.15, 0.2) is 6.10 Å². The first-order valence-corrected chi connectivity index (χ1v) is 6.58. The van der Waals surface area contributed by atoms with E-state index in [9.17, 15) is 13.2 Å². The average Bonchev–Trinajstić information content (AvgIpc) is 2.40. The molecule has 20 heavy (non-hydrogen) atoms. The Bertz CT molecular complexity index is 430. The van der Waals surface area contributed by atoms with Crippen LogP contribution < -0.4 is 5.32 Å². The zero-order valence-corrected chi connectivity index (χ0v) is 11.3. The predicted molar refractivity (Wildman–Crippen MR) is 68.7 cm³/mol. The Morgan fingerprint density at radius 3 is 2.50 bits per heavy atom. The van der Waals surface area contributed by atoms with E-state index in [1.54, 1.807) is 12.1 Å². The molecule has 7 heteroatoms. The lowest BCUT2D eigenvalue weighted by Crippen LogP contribution is -2.54. The minimum Gasteiger partial charge on any atom is -0.381 e. The fraction of sp³-hybridized carbons (Fsp3) is 0.538. The highest BCUT2D eigenvalue weighted by molar-refractivity contribution is 6.30. The number of alkyl halides is 3. The number of morpholine rings is 1. The maximum atomic E-state index is 12.3. The van der Waals surface area contributed by atoms with Crippen LogP contribution in [-0.2, 0) is 11.2 Å². The topological polar surface area (TPSA) is 41.5 Å². The SMILES string of the molecule is O[C@H]([C@H]1CN[C@@H](Cc2ccc(Cl)cc2)CO1)C(F)(F)F. The Balaban J connectivity index is 1.84. The summed E-state index contributed by atoms with van der Waals surface area (Å²) in [4.78, 5) is 0. The maximum Gasteiger partial charge on any atom is 0.416 e. The van der Waals surface area contributed by atoms with E-state index in [1.807, 2.05) is 12.1 Å². The van der Waals surface area contributed by atoms with Crippen LogP contribution in [0.3, 0.4) is 0 Å². The molecule has 1 aromatic rings. The molecule has 1 heterocycles. The number of halogens is 4. The standard InChI is InChI=1S/C13H15ClF3NO2/c14-9-3-1-8(2-4-9)5-10-7-20-11(6-18-10)12(19)13(15,16)17/h1-4,10-12,18-19H,5-7H2/t10-,11+,12+/m0/s1. The fourth-order valence-corrected chi connectivity index (χ4v) is 2.22. The molecule has 3 nitrogen and oxygen atoms in total. The van der Waals surface area contributed by atoms with E-state index >= 15 is 0 Å². The van der Waals surface area contributed by atoms with Crippen LogP contribution in [0.4, 0.5) is 13.2 Å².